The number of carbonyl (C=O) groups is 4. The molecule has 5 rings (SSSR count). The van der Waals surface area contributed by atoms with Gasteiger partial charge >= 0.3 is 0 Å². The summed E-state index contributed by atoms with van der Waals surface area (Å²) in [4.78, 5) is 54.4. The lowest BCUT2D eigenvalue weighted by atomic mass is 9.80. The van der Waals surface area contributed by atoms with Gasteiger partial charge in [0.2, 0.25) is 11.8 Å². The molecule has 2 amide bonds. The van der Waals surface area contributed by atoms with Crippen molar-refractivity contribution < 1.29 is 33.8 Å². The Morgan fingerprint density at radius 1 is 0.780 bits per heavy atom. The summed E-state index contributed by atoms with van der Waals surface area (Å²) in [5, 5.41) is 16.3. The number of rotatable bonds is 18. The van der Waals surface area contributed by atoms with Gasteiger partial charge in [-0.15, -0.1) is 0 Å². The molecule has 0 fully saturated rings. The predicted molar refractivity (Wildman–Crippen MR) is 233 cm³/mol. The first-order valence-electron chi connectivity index (χ1n) is 20.7. The molecule has 4 atom stereocenters. The van der Waals surface area contributed by atoms with Crippen LogP contribution in [-0.4, -0.2) is 40.1 Å². The second-order valence-electron chi connectivity index (χ2n) is 17.8. The second-order valence-corrected chi connectivity index (χ2v) is 17.8. The maximum Gasteiger partial charge on any atom is 0.228 e. The molecule has 0 saturated carbocycles. The van der Waals surface area contributed by atoms with Gasteiger partial charge in [-0.25, -0.2) is 0 Å². The highest BCUT2D eigenvalue weighted by Crippen LogP contribution is 2.49. The fraction of sp³-hybridized carbons (Fsp3) is 0.429. The Morgan fingerprint density at radius 3 is 2.05 bits per heavy atom. The smallest absolute Gasteiger partial charge is 0.228 e. The molecule has 0 bridgehead atoms. The molecule has 0 aliphatic carbocycles. The summed E-state index contributed by atoms with van der Waals surface area (Å²) in [6.07, 6.45) is 1.14. The van der Waals surface area contributed by atoms with Crippen LogP contribution >= 0.6 is 0 Å². The van der Waals surface area contributed by atoms with Crippen LogP contribution < -0.4 is 25.8 Å². The minimum Gasteiger partial charge on any atom is -0.488 e. The fourth-order valence-electron chi connectivity index (χ4n) is 7.85. The van der Waals surface area contributed by atoms with Gasteiger partial charge in [0.15, 0.2) is 5.78 Å². The topological polar surface area (TPSA) is 157 Å². The van der Waals surface area contributed by atoms with Crippen molar-refractivity contribution in [2.24, 2.45) is 23.7 Å². The zero-order valence-electron chi connectivity index (χ0n) is 35.8. The van der Waals surface area contributed by atoms with E-state index >= 15 is 0 Å². The van der Waals surface area contributed by atoms with Gasteiger partial charge < -0.3 is 35.7 Å². The maximum absolute atomic E-state index is 14.4. The monoisotopic (exact) mass is 803 g/mol. The van der Waals surface area contributed by atoms with E-state index in [-0.39, 0.29) is 72.6 Å². The van der Waals surface area contributed by atoms with E-state index in [0.717, 1.165) is 27.8 Å². The predicted octanol–water partition coefficient (Wildman–Crippen LogP) is 9.15. The molecule has 0 spiro atoms. The third kappa shape index (κ3) is 12.3. The molecular weight excluding hydrogens is 743 g/mol. The number of nitrogens with two attached hydrogens (primary N) is 1. The fourth-order valence-corrected chi connectivity index (χ4v) is 7.85. The van der Waals surface area contributed by atoms with Crippen molar-refractivity contribution in [3.63, 3.8) is 0 Å². The summed E-state index contributed by atoms with van der Waals surface area (Å²) in [6.45, 7) is 15.2. The van der Waals surface area contributed by atoms with Gasteiger partial charge in [-0.05, 0) is 99.7 Å². The largest absolute Gasteiger partial charge is 0.488 e. The van der Waals surface area contributed by atoms with Crippen LogP contribution in [0.1, 0.15) is 115 Å². The number of aliphatic hydroxyl groups is 1. The van der Waals surface area contributed by atoms with Gasteiger partial charge in [0, 0.05) is 65.2 Å². The minimum atomic E-state index is -0.828. The van der Waals surface area contributed by atoms with Crippen LogP contribution in [0.15, 0.2) is 84.9 Å². The molecule has 1 aliphatic heterocycles. The number of Topliss-reactive ketones (excluding diaryl/α,β-unsaturated/α-hetero) is 2. The maximum atomic E-state index is 14.4. The number of carbonyl (C=O) groups excluding carboxylic acids is 4. The first kappa shape index (κ1) is 44.6. The molecule has 0 radical (unpaired) electrons. The zero-order chi connectivity index (χ0) is 43.0. The van der Waals surface area contributed by atoms with E-state index in [9.17, 15) is 24.3 Å². The van der Waals surface area contributed by atoms with Crippen molar-refractivity contribution in [2.75, 3.05) is 11.1 Å². The lowest BCUT2D eigenvalue weighted by molar-refractivity contribution is -0.133. The highest BCUT2D eigenvalue weighted by Gasteiger charge is 2.33. The standard InChI is InChI=1S/C49H61N3O7/c1-29(2)21-34(23-31(5)54)48(57)52-42(22-30(3)4)43(55)25-35(24-32-13-17-38(18-14-32)59-49(6,7)8)47(56)51-37-16-20-41-45(27-37)58-44-26-36(50)15-19-40(44)46(41)39-12-10-9-11-33(39)28-53/h9-20,26-27,29-30,34-35,42,46,53H,21-25,28,50H2,1-8H3,(H,51,56)(H,52,57)/t34-,35-,42+,46?/m1/s1. The summed E-state index contributed by atoms with van der Waals surface area (Å²) < 4.78 is 12.4. The van der Waals surface area contributed by atoms with E-state index in [4.69, 9.17) is 15.2 Å². The van der Waals surface area contributed by atoms with Crippen LogP contribution in [0, 0.1) is 23.7 Å². The van der Waals surface area contributed by atoms with E-state index < -0.39 is 17.9 Å². The number of anilines is 2. The van der Waals surface area contributed by atoms with E-state index in [1.54, 1.807) is 12.1 Å². The van der Waals surface area contributed by atoms with Crippen molar-refractivity contribution in [3.05, 3.63) is 113 Å². The van der Waals surface area contributed by atoms with Crippen LogP contribution in [0.2, 0.25) is 0 Å². The molecular formula is C49H61N3O7. The molecule has 4 aromatic rings. The second kappa shape index (κ2) is 19.5. The van der Waals surface area contributed by atoms with Gasteiger partial charge in [0.05, 0.1) is 12.6 Å². The number of nitrogens with one attached hydrogen (secondary N) is 2. The van der Waals surface area contributed by atoms with Crippen LogP contribution in [0.25, 0.3) is 0 Å². The van der Waals surface area contributed by atoms with E-state index in [1.165, 1.54) is 6.92 Å². The Balaban J connectivity index is 1.45. The average molecular weight is 804 g/mol. The number of benzene rings is 4. The van der Waals surface area contributed by atoms with Crippen molar-refractivity contribution >= 4 is 34.8 Å². The van der Waals surface area contributed by atoms with Crippen molar-refractivity contribution in [1.29, 1.82) is 0 Å². The van der Waals surface area contributed by atoms with E-state index in [2.05, 4.69) is 10.6 Å². The van der Waals surface area contributed by atoms with E-state index in [1.807, 2.05) is 121 Å². The third-order valence-corrected chi connectivity index (χ3v) is 10.4. The van der Waals surface area contributed by atoms with Crippen LogP contribution in [0.4, 0.5) is 11.4 Å². The molecule has 10 nitrogen and oxygen atoms in total. The molecule has 0 saturated heterocycles. The number of hydrogen-bond donors (Lipinski definition) is 4. The SMILES string of the molecule is CC(=O)C[C@@H](CC(C)C)C(=O)N[C@@H](CC(C)C)C(=O)C[C@@H](Cc1ccc(OC(C)(C)C)cc1)C(=O)Nc1ccc2c(c1)Oc1cc(N)ccc1C2c1ccccc1CO. The number of ether oxygens (including phenoxy) is 2. The molecule has 0 aromatic heterocycles. The van der Waals surface area contributed by atoms with Gasteiger partial charge in [-0.1, -0.05) is 76.2 Å². The molecule has 10 heteroatoms. The summed E-state index contributed by atoms with van der Waals surface area (Å²) in [5.74, 6) is -0.560. The molecule has 1 aliphatic rings. The number of aliphatic hydroxyl groups excluding tert-OH is 1. The van der Waals surface area contributed by atoms with Gasteiger partial charge in [-0.2, -0.15) is 0 Å². The number of ketones is 2. The minimum absolute atomic E-state index is 0.0763. The summed E-state index contributed by atoms with van der Waals surface area (Å²) in [6, 6.07) is 25.5. The molecule has 1 unspecified atom stereocenters. The highest BCUT2D eigenvalue weighted by atomic mass is 16.5. The molecule has 314 valence electrons. The van der Waals surface area contributed by atoms with Crippen LogP contribution in [0.3, 0.4) is 0 Å². The van der Waals surface area contributed by atoms with Crippen molar-refractivity contribution in [1.82, 2.24) is 5.32 Å². The quantitative estimate of drug-likeness (QED) is 0.0639. The highest BCUT2D eigenvalue weighted by molar-refractivity contribution is 5.98. The zero-order valence-corrected chi connectivity index (χ0v) is 35.8. The molecule has 4 aromatic carbocycles. The Labute approximate surface area is 349 Å². The summed E-state index contributed by atoms with van der Waals surface area (Å²) in [5.41, 5.74) is 11.1. The Kier molecular flexibility index (Phi) is 14.8. The van der Waals surface area contributed by atoms with Crippen LogP contribution in [-0.2, 0) is 32.2 Å². The number of amides is 2. The van der Waals surface area contributed by atoms with Gasteiger partial charge in [0.1, 0.15) is 28.6 Å². The summed E-state index contributed by atoms with van der Waals surface area (Å²) in [7, 11) is 0. The molecule has 1 heterocycles. The third-order valence-electron chi connectivity index (χ3n) is 10.4. The van der Waals surface area contributed by atoms with E-state index in [0.29, 0.717) is 41.5 Å². The Bertz CT molecular complexity index is 2120. The molecule has 5 N–H and O–H groups in total. The normalized spacial score (nSPS) is 15.0. The first-order chi connectivity index (χ1) is 27.9. The van der Waals surface area contributed by atoms with Gasteiger partial charge in [-0.3, -0.25) is 14.4 Å². The van der Waals surface area contributed by atoms with Crippen molar-refractivity contribution in [2.45, 2.75) is 112 Å². The molecule has 59 heavy (non-hydrogen) atoms. The number of hydrogen-bond acceptors (Lipinski definition) is 8. The van der Waals surface area contributed by atoms with Crippen molar-refractivity contribution in [3.8, 4) is 17.2 Å². The first-order valence-corrected chi connectivity index (χ1v) is 20.7. The Morgan fingerprint density at radius 2 is 1.42 bits per heavy atom. The van der Waals surface area contributed by atoms with Crippen LogP contribution in [0.5, 0.6) is 17.2 Å². The van der Waals surface area contributed by atoms with Gasteiger partial charge in [0.25, 0.3) is 0 Å². The lowest BCUT2D eigenvalue weighted by Gasteiger charge is -2.30. The average Bonchev–Trinajstić information content (AvgIpc) is 3.15. The lowest BCUT2D eigenvalue weighted by Crippen LogP contribution is -2.46. The number of fused-ring (bicyclic) bond motifs is 2. The summed E-state index contributed by atoms with van der Waals surface area (Å²) >= 11 is 0. The number of nitrogen functional groups attached to an aromatic ring is 1. The Hall–Kier alpha value is -5.48.